The summed E-state index contributed by atoms with van der Waals surface area (Å²) >= 11 is 5.89. The van der Waals surface area contributed by atoms with E-state index in [1.165, 1.54) is 0 Å². The Kier molecular flexibility index (Phi) is 5.34. The van der Waals surface area contributed by atoms with E-state index in [1.807, 2.05) is 43.3 Å². The van der Waals surface area contributed by atoms with Crippen molar-refractivity contribution >= 4 is 23.5 Å². The van der Waals surface area contributed by atoms with Crippen LogP contribution in [-0.4, -0.2) is 41.2 Å². The van der Waals surface area contributed by atoms with E-state index in [0.717, 1.165) is 28.0 Å². The number of aliphatic hydroxyl groups is 1. The quantitative estimate of drug-likeness (QED) is 0.711. The third kappa shape index (κ3) is 3.64. The second-order valence-corrected chi connectivity index (χ2v) is 8.03. The van der Waals surface area contributed by atoms with E-state index in [0.29, 0.717) is 11.4 Å². The van der Waals surface area contributed by atoms with Crippen molar-refractivity contribution in [2.45, 2.75) is 37.5 Å². The number of carbonyl (C=O) groups is 2. The summed E-state index contributed by atoms with van der Waals surface area (Å²) in [6.07, 6.45) is 0.0396. The maximum atomic E-state index is 13.1. The van der Waals surface area contributed by atoms with Gasteiger partial charge in [0.2, 0.25) is 0 Å². The Balaban J connectivity index is 1.39. The molecule has 0 saturated carbocycles. The summed E-state index contributed by atoms with van der Waals surface area (Å²) in [6, 6.07) is 14.5. The van der Waals surface area contributed by atoms with Gasteiger partial charge in [-0.2, -0.15) is 0 Å². The van der Waals surface area contributed by atoms with Crippen LogP contribution in [0.4, 0.5) is 4.79 Å². The lowest BCUT2D eigenvalue weighted by Crippen LogP contribution is -2.43. The number of imide groups is 1. The Morgan fingerprint density at radius 1 is 1.21 bits per heavy atom. The number of β-amino-alcohol motifs (C(OH)–C–C–N with tert-alkyl or cyclic N) is 1. The van der Waals surface area contributed by atoms with Crippen molar-refractivity contribution in [3.8, 4) is 0 Å². The number of benzene rings is 2. The van der Waals surface area contributed by atoms with Gasteiger partial charge in [-0.15, -0.1) is 0 Å². The number of aryl methyl sites for hydroxylation is 1. The highest BCUT2D eigenvalue weighted by Gasteiger charge is 2.55. The molecule has 4 rings (SSSR count). The number of hydrogen-bond acceptors (Lipinski definition) is 4. The van der Waals surface area contributed by atoms with Crippen molar-refractivity contribution in [2.24, 2.45) is 0 Å². The van der Waals surface area contributed by atoms with E-state index in [9.17, 15) is 14.7 Å². The second kappa shape index (κ2) is 7.78. The van der Waals surface area contributed by atoms with Gasteiger partial charge < -0.3 is 15.2 Å². The van der Waals surface area contributed by atoms with Crippen LogP contribution in [0, 0.1) is 0 Å². The van der Waals surface area contributed by atoms with Gasteiger partial charge in [-0.25, -0.2) is 4.79 Å². The Labute approximate surface area is 174 Å². The summed E-state index contributed by atoms with van der Waals surface area (Å²) in [6.45, 7) is 1.76. The van der Waals surface area contributed by atoms with Crippen molar-refractivity contribution < 1.29 is 19.4 Å². The Bertz CT molecular complexity index is 933. The van der Waals surface area contributed by atoms with Crippen molar-refractivity contribution in [3.63, 3.8) is 0 Å². The fourth-order valence-corrected chi connectivity index (χ4v) is 4.23. The molecule has 1 heterocycles. The van der Waals surface area contributed by atoms with Crippen LogP contribution in [0.2, 0.25) is 5.02 Å². The SMILES string of the molecule is C[C@H](OC[C@@H](O)CN1C(=O)N[C@@]2(CCc3ccccc32)C1=O)c1ccc(Cl)cc1. The second-order valence-electron chi connectivity index (χ2n) is 7.59. The molecule has 2 N–H and O–H groups in total. The summed E-state index contributed by atoms with van der Waals surface area (Å²) in [5.74, 6) is -0.308. The van der Waals surface area contributed by atoms with Crippen LogP contribution in [0.25, 0.3) is 0 Å². The average Bonchev–Trinajstić information content (AvgIpc) is 3.20. The highest BCUT2D eigenvalue weighted by molar-refractivity contribution is 6.30. The van der Waals surface area contributed by atoms with E-state index in [-0.39, 0.29) is 25.2 Å². The van der Waals surface area contributed by atoms with Crippen LogP contribution in [-0.2, 0) is 21.5 Å². The molecule has 1 fully saturated rings. The third-order valence-corrected chi connectivity index (χ3v) is 5.95. The number of ether oxygens (including phenoxy) is 1. The molecule has 152 valence electrons. The molecule has 0 radical (unpaired) electrons. The first-order valence-corrected chi connectivity index (χ1v) is 10.1. The third-order valence-electron chi connectivity index (χ3n) is 5.69. The first-order valence-electron chi connectivity index (χ1n) is 9.68. The number of aliphatic hydroxyl groups excluding tert-OH is 1. The number of fused-ring (bicyclic) bond motifs is 2. The Morgan fingerprint density at radius 2 is 1.93 bits per heavy atom. The summed E-state index contributed by atoms with van der Waals surface area (Å²) in [7, 11) is 0. The van der Waals surface area contributed by atoms with E-state index in [1.54, 1.807) is 12.1 Å². The predicted octanol–water partition coefficient (Wildman–Crippen LogP) is 3.17. The molecule has 1 aliphatic heterocycles. The molecule has 2 aromatic rings. The number of halogens is 1. The normalized spacial score (nSPS) is 22.7. The van der Waals surface area contributed by atoms with Crippen LogP contribution in [0.5, 0.6) is 0 Å². The highest BCUT2D eigenvalue weighted by atomic mass is 35.5. The van der Waals surface area contributed by atoms with Crippen molar-refractivity contribution in [3.05, 3.63) is 70.2 Å². The van der Waals surface area contributed by atoms with Crippen molar-refractivity contribution in [1.82, 2.24) is 10.2 Å². The van der Waals surface area contributed by atoms with E-state index in [2.05, 4.69) is 5.32 Å². The Hall–Kier alpha value is -2.41. The topological polar surface area (TPSA) is 78.9 Å². The summed E-state index contributed by atoms with van der Waals surface area (Å²) < 4.78 is 5.72. The maximum absolute atomic E-state index is 13.1. The number of nitrogens with zero attached hydrogens (tertiary/aromatic N) is 1. The summed E-state index contributed by atoms with van der Waals surface area (Å²) in [5.41, 5.74) is 1.84. The minimum absolute atomic E-state index is 0.00440. The number of carbonyl (C=O) groups excluding carboxylic acids is 2. The van der Waals surface area contributed by atoms with Crippen LogP contribution in [0.1, 0.15) is 36.1 Å². The minimum atomic E-state index is -1.01. The lowest BCUT2D eigenvalue weighted by atomic mass is 9.92. The zero-order valence-electron chi connectivity index (χ0n) is 16.1. The lowest BCUT2D eigenvalue weighted by Gasteiger charge is -2.23. The molecule has 0 aromatic heterocycles. The largest absolute Gasteiger partial charge is 0.389 e. The number of urea groups is 1. The zero-order chi connectivity index (χ0) is 20.6. The van der Waals surface area contributed by atoms with E-state index in [4.69, 9.17) is 16.3 Å². The summed E-state index contributed by atoms with van der Waals surface area (Å²) in [4.78, 5) is 26.7. The van der Waals surface area contributed by atoms with Gasteiger partial charge >= 0.3 is 6.03 Å². The molecule has 1 saturated heterocycles. The molecule has 2 aromatic carbocycles. The molecule has 3 amide bonds. The monoisotopic (exact) mass is 414 g/mol. The standard InChI is InChI=1S/C22H23ClN2O4/c1-14(15-6-8-17(23)9-7-15)29-13-18(26)12-25-20(27)22(24-21(25)28)11-10-16-4-2-3-5-19(16)22/h2-9,14,18,26H,10-13H2,1H3,(H,24,28)/t14-,18-,22+/m0/s1. The number of nitrogens with one attached hydrogen (secondary N) is 1. The van der Waals surface area contributed by atoms with Crippen LogP contribution in [0.3, 0.4) is 0 Å². The van der Waals surface area contributed by atoms with Crippen LogP contribution >= 0.6 is 11.6 Å². The highest BCUT2D eigenvalue weighted by Crippen LogP contribution is 2.41. The van der Waals surface area contributed by atoms with Crippen molar-refractivity contribution in [1.29, 1.82) is 0 Å². The van der Waals surface area contributed by atoms with Gasteiger partial charge in [-0.3, -0.25) is 9.69 Å². The molecule has 6 nitrogen and oxygen atoms in total. The van der Waals surface area contributed by atoms with Gasteiger partial charge in [0.1, 0.15) is 5.54 Å². The van der Waals surface area contributed by atoms with Gasteiger partial charge in [-0.1, -0.05) is 48.0 Å². The molecule has 1 aliphatic carbocycles. The molecular weight excluding hydrogens is 392 g/mol. The first kappa shape index (κ1) is 19.9. The number of amides is 3. The first-order chi connectivity index (χ1) is 13.9. The molecule has 3 atom stereocenters. The van der Waals surface area contributed by atoms with Gasteiger partial charge in [0.05, 0.1) is 25.4 Å². The minimum Gasteiger partial charge on any atom is -0.389 e. The average molecular weight is 415 g/mol. The van der Waals surface area contributed by atoms with Crippen molar-refractivity contribution in [2.75, 3.05) is 13.2 Å². The van der Waals surface area contributed by atoms with Gasteiger partial charge in [0, 0.05) is 5.02 Å². The molecular formula is C22H23ClN2O4. The van der Waals surface area contributed by atoms with Gasteiger partial charge in [-0.05, 0) is 48.6 Å². The van der Waals surface area contributed by atoms with Crippen LogP contribution < -0.4 is 5.32 Å². The number of hydrogen-bond donors (Lipinski definition) is 2. The van der Waals surface area contributed by atoms with Crippen LogP contribution in [0.15, 0.2) is 48.5 Å². The smallest absolute Gasteiger partial charge is 0.325 e. The molecule has 1 spiro atoms. The molecule has 7 heteroatoms. The van der Waals surface area contributed by atoms with Gasteiger partial charge in [0.15, 0.2) is 0 Å². The fraction of sp³-hybridized carbons (Fsp3) is 0.364. The predicted molar refractivity (Wildman–Crippen MR) is 109 cm³/mol. The van der Waals surface area contributed by atoms with Gasteiger partial charge in [0.25, 0.3) is 5.91 Å². The fourth-order valence-electron chi connectivity index (χ4n) is 4.10. The molecule has 0 unspecified atom stereocenters. The number of rotatable bonds is 6. The molecule has 0 bridgehead atoms. The zero-order valence-corrected chi connectivity index (χ0v) is 16.9. The van der Waals surface area contributed by atoms with E-state index >= 15 is 0 Å². The van der Waals surface area contributed by atoms with E-state index < -0.39 is 17.7 Å². The summed E-state index contributed by atoms with van der Waals surface area (Å²) in [5, 5.41) is 13.9. The molecule has 2 aliphatic rings. The Morgan fingerprint density at radius 3 is 2.69 bits per heavy atom. The molecule has 29 heavy (non-hydrogen) atoms. The maximum Gasteiger partial charge on any atom is 0.325 e. The lowest BCUT2D eigenvalue weighted by molar-refractivity contribution is -0.133.